The quantitative estimate of drug-likeness (QED) is 0.823. The molecular weight excluding hydrogens is 238 g/mol. The zero-order valence-electron chi connectivity index (χ0n) is 12.3. The fourth-order valence-corrected chi connectivity index (χ4v) is 3.67. The van der Waals surface area contributed by atoms with Crippen LogP contribution in [0.3, 0.4) is 0 Å². The number of nitrogens with zero attached hydrogens (tertiary/aromatic N) is 2. The van der Waals surface area contributed by atoms with Gasteiger partial charge < -0.3 is 15.0 Å². The highest BCUT2D eigenvalue weighted by Crippen LogP contribution is 2.37. The maximum atomic E-state index is 9.46. The van der Waals surface area contributed by atoms with Gasteiger partial charge in [0.25, 0.3) is 0 Å². The summed E-state index contributed by atoms with van der Waals surface area (Å²) < 4.78 is 5.42. The first kappa shape index (κ1) is 14.8. The smallest absolute Gasteiger partial charge is 0.109 e. The van der Waals surface area contributed by atoms with Gasteiger partial charge in [-0.1, -0.05) is 6.42 Å². The van der Waals surface area contributed by atoms with Crippen molar-refractivity contribution in [3.05, 3.63) is 0 Å². The summed E-state index contributed by atoms with van der Waals surface area (Å²) in [5, 5.41) is 12.7. The molecule has 108 valence electrons. The number of hydrogen-bond acceptors (Lipinski definition) is 4. The van der Waals surface area contributed by atoms with E-state index in [4.69, 9.17) is 4.74 Å². The first-order valence-corrected chi connectivity index (χ1v) is 7.60. The molecule has 4 nitrogen and oxygen atoms in total. The third-order valence-electron chi connectivity index (χ3n) is 5.11. The predicted molar refractivity (Wildman–Crippen MR) is 75.8 cm³/mol. The first-order chi connectivity index (χ1) is 9.22. The Balaban J connectivity index is 1.82. The molecular formula is C15H27N3O. The van der Waals surface area contributed by atoms with Crippen molar-refractivity contribution in [1.29, 1.82) is 5.26 Å². The monoisotopic (exact) mass is 265 g/mol. The minimum atomic E-state index is -0.267. The molecule has 2 rings (SSSR count). The van der Waals surface area contributed by atoms with Gasteiger partial charge in [0.1, 0.15) is 5.54 Å². The van der Waals surface area contributed by atoms with Crippen molar-refractivity contribution in [2.75, 3.05) is 33.9 Å². The highest BCUT2D eigenvalue weighted by atomic mass is 16.5. The second-order valence-electron chi connectivity index (χ2n) is 6.04. The summed E-state index contributed by atoms with van der Waals surface area (Å²) in [7, 11) is 4.15. The van der Waals surface area contributed by atoms with Gasteiger partial charge in [-0.25, -0.2) is 0 Å². The summed E-state index contributed by atoms with van der Waals surface area (Å²) in [6.07, 6.45) is 6.80. The molecule has 19 heavy (non-hydrogen) atoms. The lowest BCUT2D eigenvalue weighted by atomic mass is 9.86. The van der Waals surface area contributed by atoms with E-state index in [1.54, 1.807) is 0 Å². The lowest BCUT2D eigenvalue weighted by molar-refractivity contribution is 0.0407. The molecule has 2 atom stereocenters. The van der Waals surface area contributed by atoms with Crippen molar-refractivity contribution in [3.8, 4) is 6.07 Å². The van der Waals surface area contributed by atoms with Crippen LogP contribution in [0.4, 0.5) is 0 Å². The Kier molecular flexibility index (Phi) is 5.20. The fraction of sp³-hybridized carbons (Fsp3) is 0.933. The molecule has 1 aliphatic heterocycles. The van der Waals surface area contributed by atoms with Crippen LogP contribution >= 0.6 is 0 Å². The summed E-state index contributed by atoms with van der Waals surface area (Å²) in [5.74, 6) is 0.504. The predicted octanol–water partition coefficient (Wildman–Crippen LogP) is 1.77. The standard InChI is InChI=1S/C15H27N3O/c1-17-15(12-16)8-3-4-13(15)5-9-18(2)14-6-10-19-11-7-14/h13-14,17H,3-11H2,1-2H3. The summed E-state index contributed by atoms with van der Waals surface area (Å²) in [6.45, 7) is 2.90. The van der Waals surface area contributed by atoms with Crippen LogP contribution in [0.5, 0.6) is 0 Å². The molecule has 0 amide bonds. The Morgan fingerprint density at radius 1 is 1.37 bits per heavy atom. The van der Waals surface area contributed by atoms with Crippen LogP contribution in [0.15, 0.2) is 0 Å². The second kappa shape index (κ2) is 6.69. The van der Waals surface area contributed by atoms with Gasteiger partial charge in [0.15, 0.2) is 0 Å². The van der Waals surface area contributed by atoms with E-state index in [2.05, 4.69) is 23.3 Å². The van der Waals surface area contributed by atoms with Gasteiger partial charge in [-0.15, -0.1) is 0 Å². The molecule has 2 fully saturated rings. The largest absolute Gasteiger partial charge is 0.381 e. The summed E-state index contributed by atoms with van der Waals surface area (Å²) >= 11 is 0. The van der Waals surface area contributed by atoms with E-state index in [0.29, 0.717) is 12.0 Å². The summed E-state index contributed by atoms with van der Waals surface area (Å²) in [5.41, 5.74) is -0.267. The maximum Gasteiger partial charge on any atom is 0.109 e. The zero-order chi connectivity index (χ0) is 13.7. The van der Waals surface area contributed by atoms with E-state index >= 15 is 0 Å². The van der Waals surface area contributed by atoms with Gasteiger partial charge >= 0.3 is 0 Å². The third kappa shape index (κ3) is 3.28. The Morgan fingerprint density at radius 3 is 2.74 bits per heavy atom. The molecule has 0 radical (unpaired) electrons. The van der Waals surface area contributed by atoms with Crippen LogP contribution < -0.4 is 5.32 Å². The summed E-state index contributed by atoms with van der Waals surface area (Å²) in [6, 6.07) is 3.20. The molecule has 0 aromatic carbocycles. The molecule has 1 saturated carbocycles. The van der Waals surface area contributed by atoms with Crippen molar-refractivity contribution >= 4 is 0 Å². The number of ether oxygens (including phenoxy) is 1. The third-order valence-corrected chi connectivity index (χ3v) is 5.11. The first-order valence-electron chi connectivity index (χ1n) is 7.60. The van der Waals surface area contributed by atoms with Crippen LogP contribution in [0.25, 0.3) is 0 Å². The second-order valence-corrected chi connectivity index (χ2v) is 6.04. The molecule has 0 aromatic heterocycles. The average Bonchev–Trinajstić information content (AvgIpc) is 2.89. The molecule has 1 N–H and O–H groups in total. The number of nitriles is 1. The Bertz CT molecular complexity index is 322. The van der Waals surface area contributed by atoms with E-state index in [1.807, 2.05) is 7.05 Å². The minimum Gasteiger partial charge on any atom is -0.381 e. The highest BCUT2D eigenvalue weighted by molar-refractivity contribution is 5.13. The topological polar surface area (TPSA) is 48.3 Å². The lowest BCUT2D eigenvalue weighted by Gasteiger charge is -2.34. The van der Waals surface area contributed by atoms with Gasteiger partial charge in [-0.3, -0.25) is 0 Å². The van der Waals surface area contributed by atoms with Crippen LogP contribution in [-0.4, -0.2) is 50.3 Å². The summed E-state index contributed by atoms with van der Waals surface area (Å²) in [4.78, 5) is 2.47. The lowest BCUT2D eigenvalue weighted by Crippen LogP contribution is -2.46. The molecule has 1 saturated heterocycles. The van der Waals surface area contributed by atoms with Crippen LogP contribution in [-0.2, 0) is 4.74 Å². The molecule has 2 aliphatic rings. The van der Waals surface area contributed by atoms with Crippen molar-refractivity contribution in [2.45, 2.75) is 50.1 Å². The Labute approximate surface area is 117 Å². The highest BCUT2D eigenvalue weighted by Gasteiger charge is 2.41. The van der Waals surface area contributed by atoms with E-state index in [-0.39, 0.29) is 5.54 Å². The van der Waals surface area contributed by atoms with Crippen LogP contribution in [0, 0.1) is 17.2 Å². The van der Waals surface area contributed by atoms with Crippen molar-refractivity contribution < 1.29 is 4.74 Å². The van der Waals surface area contributed by atoms with Gasteiger partial charge in [0, 0.05) is 19.3 Å². The molecule has 2 unspecified atom stereocenters. The number of nitrogens with one attached hydrogen (secondary N) is 1. The average molecular weight is 265 g/mol. The minimum absolute atomic E-state index is 0.267. The Hall–Kier alpha value is -0.630. The van der Waals surface area contributed by atoms with Gasteiger partial charge in [-0.05, 0) is 58.7 Å². The normalized spacial score (nSPS) is 32.6. The van der Waals surface area contributed by atoms with E-state index in [0.717, 1.165) is 45.4 Å². The molecule has 1 aliphatic carbocycles. The van der Waals surface area contributed by atoms with Crippen molar-refractivity contribution in [2.24, 2.45) is 5.92 Å². The molecule has 0 bridgehead atoms. The van der Waals surface area contributed by atoms with E-state index in [9.17, 15) is 5.26 Å². The van der Waals surface area contributed by atoms with E-state index < -0.39 is 0 Å². The molecule has 0 aromatic rings. The van der Waals surface area contributed by atoms with E-state index in [1.165, 1.54) is 12.8 Å². The van der Waals surface area contributed by atoms with Crippen LogP contribution in [0.1, 0.15) is 38.5 Å². The van der Waals surface area contributed by atoms with Gasteiger partial charge in [0.05, 0.1) is 6.07 Å². The van der Waals surface area contributed by atoms with Crippen LogP contribution in [0.2, 0.25) is 0 Å². The fourth-order valence-electron chi connectivity index (χ4n) is 3.67. The molecule has 0 spiro atoms. The van der Waals surface area contributed by atoms with Gasteiger partial charge in [0.2, 0.25) is 0 Å². The maximum absolute atomic E-state index is 9.46. The molecule has 4 heteroatoms. The number of hydrogen-bond donors (Lipinski definition) is 1. The van der Waals surface area contributed by atoms with Crippen molar-refractivity contribution in [1.82, 2.24) is 10.2 Å². The van der Waals surface area contributed by atoms with Crippen molar-refractivity contribution in [3.63, 3.8) is 0 Å². The number of rotatable bonds is 5. The molecule has 1 heterocycles. The Morgan fingerprint density at radius 2 is 2.11 bits per heavy atom. The zero-order valence-corrected chi connectivity index (χ0v) is 12.3. The SMILES string of the molecule is CNC1(C#N)CCCC1CCN(C)C1CCOCC1. The van der Waals surface area contributed by atoms with Gasteiger partial charge in [-0.2, -0.15) is 5.26 Å².